The number of ether oxygens (including phenoxy) is 2. The van der Waals surface area contributed by atoms with Crippen LogP contribution in [0.25, 0.3) is 0 Å². The molecule has 0 saturated carbocycles. The van der Waals surface area contributed by atoms with E-state index in [2.05, 4.69) is 26.5 Å². The number of amides is 1. The van der Waals surface area contributed by atoms with E-state index in [1.54, 1.807) is 48.5 Å². The van der Waals surface area contributed by atoms with Crippen molar-refractivity contribution in [3.63, 3.8) is 0 Å². The summed E-state index contributed by atoms with van der Waals surface area (Å²) >= 11 is 3.34. The zero-order valence-electron chi connectivity index (χ0n) is 16.2. The predicted molar refractivity (Wildman–Crippen MR) is 118 cm³/mol. The van der Waals surface area contributed by atoms with Crippen molar-refractivity contribution in [1.29, 1.82) is 0 Å². The topological polar surface area (TPSA) is 77.0 Å². The zero-order chi connectivity index (χ0) is 21.3. The third-order valence-electron chi connectivity index (χ3n) is 3.95. The molecule has 0 heterocycles. The average molecular weight is 467 g/mol. The number of nitrogens with one attached hydrogen (secondary N) is 1. The summed E-state index contributed by atoms with van der Waals surface area (Å²) in [6.07, 6.45) is 1.49. The van der Waals surface area contributed by atoms with E-state index in [1.165, 1.54) is 6.21 Å². The molecule has 30 heavy (non-hydrogen) atoms. The standard InChI is InChI=1S/C23H19BrN2O4/c1-16-5-9-18(10-6-16)23(28)30-20-11-7-17(8-12-20)14-25-26-22(27)15-29-21-4-2-3-19(24)13-21/h2-14H,15H2,1H3,(H,26,27)/b25-14-. The molecule has 0 fully saturated rings. The van der Waals surface area contributed by atoms with Crippen LogP contribution in [0.2, 0.25) is 0 Å². The molecule has 152 valence electrons. The first-order chi connectivity index (χ1) is 14.5. The number of esters is 1. The van der Waals surface area contributed by atoms with Crippen LogP contribution in [-0.2, 0) is 4.79 Å². The summed E-state index contributed by atoms with van der Waals surface area (Å²) in [5.41, 5.74) is 4.69. The fraction of sp³-hybridized carbons (Fsp3) is 0.0870. The maximum absolute atomic E-state index is 12.1. The minimum atomic E-state index is -0.422. The van der Waals surface area contributed by atoms with Gasteiger partial charge in [-0.3, -0.25) is 4.79 Å². The number of aryl methyl sites for hydroxylation is 1. The summed E-state index contributed by atoms with van der Waals surface area (Å²) in [7, 11) is 0. The molecule has 0 aliphatic carbocycles. The third kappa shape index (κ3) is 6.56. The summed E-state index contributed by atoms with van der Waals surface area (Å²) in [4.78, 5) is 23.9. The van der Waals surface area contributed by atoms with Gasteiger partial charge in [-0.15, -0.1) is 0 Å². The van der Waals surface area contributed by atoms with Crippen LogP contribution in [0.5, 0.6) is 11.5 Å². The fourth-order valence-corrected chi connectivity index (χ4v) is 2.77. The number of rotatable bonds is 7. The zero-order valence-corrected chi connectivity index (χ0v) is 17.8. The Morgan fingerprint density at radius 2 is 1.73 bits per heavy atom. The molecular formula is C23H19BrN2O4. The number of nitrogens with zero attached hydrogens (tertiary/aromatic N) is 1. The summed E-state index contributed by atoms with van der Waals surface area (Å²) in [5, 5.41) is 3.90. The average Bonchev–Trinajstić information content (AvgIpc) is 2.74. The highest BCUT2D eigenvalue weighted by molar-refractivity contribution is 9.10. The van der Waals surface area contributed by atoms with E-state index >= 15 is 0 Å². The van der Waals surface area contributed by atoms with Crippen LogP contribution < -0.4 is 14.9 Å². The molecule has 1 N–H and O–H groups in total. The van der Waals surface area contributed by atoms with Gasteiger partial charge in [0.15, 0.2) is 6.61 Å². The SMILES string of the molecule is Cc1ccc(C(=O)Oc2ccc(/C=N\NC(=O)COc3cccc(Br)c3)cc2)cc1. The Balaban J connectivity index is 1.46. The first kappa shape index (κ1) is 21.3. The molecule has 0 spiro atoms. The van der Waals surface area contributed by atoms with Gasteiger partial charge in [-0.1, -0.05) is 39.7 Å². The maximum atomic E-state index is 12.1. The van der Waals surface area contributed by atoms with Crippen molar-refractivity contribution in [2.24, 2.45) is 5.10 Å². The summed E-state index contributed by atoms with van der Waals surface area (Å²) < 4.78 is 11.6. The lowest BCUT2D eigenvalue weighted by atomic mass is 10.1. The van der Waals surface area contributed by atoms with Gasteiger partial charge < -0.3 is 9.47 Å². The second-order valence-electron chi connectivity index (χ2n) is 6.36. The molecule has 0 aliphatic rings. The second kappa shape index (κ2) is 10.4. The lowest BCUT2D eigenvalue weighted by molar-refractivity contribution is -0.123. The molecule has 0 radical (unpaired) electrons. The molecular weight excluding hydrogens is 448 g/mol. The van der Waals surface area contributed by atoms with Crippen molar-refractivity contribution in [3.8, 4) is 11.5 Å². The molecule has 0 atom stereocenters. The molecule has 0 unspecified atom stereocenters. The van der Waals surface area contributed by atoms with Gasteiger partial charge in [0.2, 0.25) is 0 Å². The van der Waals surface area contributed by atoms with Crippen LogP contribution in [0.1, 0.15) is 21.5 Å². The van der Waals surface area contributed by atoms with E-state index in [4.69, 9.17) is 9.47 Å². The summed E-state index contributed by atoms with van der Waals surface area (Å²) in [6.45, 7) is 1.80. The molecule has 0 saturated heterocycles. The van der Waals surface area contributed by atoms with Crippen LogP contribution in [0.4, 0.5) is 0 Å². The number of hydrogen-bond acceptors (Lipinski definition) is 5. The van der Waals surface area contributed by atoms with Crippen molar-refractivity contribution in [3.05, 3.63) is 94.0 Å². The van der Waals surface area contributed by atoms with Crippen LogP contribution in [0, 0.1) is 6.92 Å². The van der Waals surface area contributed by atoms with Gasteiger partial charge in [0.25, 0.3) is 5.91 Å². The van der Waals surface area contributed by atoms with Crippen LogP contribution in [-0.4, -0.2) is 24.7 Å². The molecule has 3 aromatic carbocycles. The number of hydrogen-bond donors (Lipinski definition) is 1. The lowest BCUT2D eigenvalue weighted by Crippen LogP contribution is -2.24. The number of carbonyl (C=O) groups excluding carboxylic acids is 2. The Morgan fingerprint density at radius 1 is 1.00 bits per heavy atom. The van der Waals surface area contributed by atoms with Gasteiger partial charge in [-0.25, -0.2) is 10.2 Å². The summed E-state index contributed by atoms with van der Waals surface area (Å²) in [5.74, 6) is 0.201. The highest BCUT2D eigenvalue weighted by atomic mass is 79.9. The minimum absolute atomic E-state index is 0.151. The Kier molecular flexibility index (Phi) is 7.34. The molecule has 6 nitrogen and oxygen atoms in total. The Bertz CT molecular complexity index is 1050. The third-order valence-corrected chi connectivity index (χ3v) is 4.44. The van der Waals surface area contributed by atoms with Gasteiger partial charge in [0.05, 0.1) is 11.8 Å². The van der Waals surface area contributed by atoms with E-state index in [-0.39, 0.29) is 12.5 Å². The molecule has 7 heteroatoms. The van der Waals surface area contributed by atoms with Crippen molar-refractivity contribution in [1.82, 2.24) is 5.43 Å². The molecule has 0 bridgehead atoms. The number of carbonyl (C=O) groups is 2. The predicted octanol–water partition coefficient (Wildman–Crippen LogP) is 4.51. The molecule has 3 aromatic rings. The van der Waals surface area contributed by atoms with Crippen LogP contribution >= 0.6 is 15.9 Å². The molecule has 0 aliphatic heterocycles. The van der Waals surface area contributed by atoms with Gasteiger partial charge >= 0.3 is 5.97 Å². The normalized spacial score (nSPS) is 10.6. The van der Waals surface area contributed by atoms with Gasteiger partial charge in [-0.2, -0.15) is 5.10 Å². The van der Waals surface area contributed by atoms with Crippen molar-refractivity contribution in [2.75, 3.05) is 6.61 Å². The largest absolute Gasteiger partial charge is 0.484 e. The fourth-order valence-electron chi connectivity index (χ4n) is 2.39. The monoisotopic (exact) mass is 466 g/mol. The smallest absolute Gasteiger partial charge is 0.343 e. The first-order valence-corrected chi connectivity index (χ1v) is 9.88. The minimum Gasteiger partial charge on any atom is -0.484 e. The Morgan fingerprint density at radius 3 is 2.43 bits per heavy atom. The lowest BCUT2D eigenvalue weighted by Gasteiger charge is -2.05. The Labute approximate surface area is 182 Å². The quantitative estimate of drug-likeness (QED) is 0.240. The van der Waals surface area contributed by atoms with E-state index in [9.17, 15) is 9.59 Å². The molecule has 0 aromatic heterocycles. The second-order valence-corrected chi connectivity index (χ2v) is 7.28. The van der Waals surface area contributed by atoms with Crippen molar-refractivity contribution >= 4 is 34.0 Å². The highest BCUT2D eigenvalue weighted by Gasteiger charge is 2.08. The van der Waals surface area contributed by atoms with E-state index < -0.39 is 5.97 Å². The summed E-state index contributed by atoms with van der Waals surface area (Å²) in [6, 6.07) is 21.1. The van der Waals surface area contributed by atoms with Gasteiger partial charge in [0.1, 0.15) is 11.5 Å². The highest BCUT2D eigenvalue weighted by Crippen LogP contribution is 2.17. The van der Waals surface area contributed by atoms with Crippen molar-refractivity contribution in [2.45, 2.75) is 6.92 Å². The van der Waals surface area contributed by atoms with Crippen molar-refractivity contribution < 1.29 is 19.1 Å². The van der Waals surface area contributed by atoms with E-state index in [0.29, 0.717) is 17.1 Å². The number of hydrazone groups is 1. The van der Waals surface area contributed by atoms with Gasteiger partial charge in [-0.05, 0) is 67.1 Å². The van der Waals surface area contributed by atoms with Gasteiger partial charge in [0, 0.05) is 4.47 Å². The maximum Gasteiger partial charge on any atom is 0.343 e. The van der Waals surface area contributed by atoms with Crippen LogP contribution in [0.15, 0.2) is 82.4 Å². The first-order valence-electron chi connectivity index (χ1n) is 9.09. The molecule has 1 amide bonds. The molecule has 3 rings (SSSR count). The van der Waals surface area contributed by atoms with E-state index in [1.807, 2.05) is 31.2 Å². The number of halogens is 1. The Hall–Kier alpha value is -3.45. The number of benzene rings is 3. The van der Waals surface area contributed by atoms with E-state index in [0.717, 1.165) is 15.6 Å². The van der Waals surface area contributed by atoms with Crippen LogP contribution in [0.3, 0.4) is 0 Å².